The summed E-state index contributed by atoms with van der Waals surface area (Å²) in [6, 6.07) is 14.1. The van der Waals surface area contributed by atoms with E-state index in [9.17, 15) is 23.4 Å². The maximum absolute atomic E-state index is 13.6. The number of carboxylic acid groups (broad SMARTS) is 1. The van der Waals surface area contributed by atoms with Gasteiger partial charge in [0.15, 0.2) is 0 Å². The molecule has 3 N–H and O–H groups in total. The van der Waals surface area contributed by atoms with Crippen LogP contribution in [0.3, 0.4) is 0 Å². The van der Waals surface area contributed by atoms with Crippen LogP contribution in [-0.4, -0.2) is 75.6 Å². The molecular weight excluding hydrogens is 528 g/mol. The predicted molar refractivity (Wildman–Crippen MR) is 145 cm³/mol. The molecule has 0 spiro atoms. The summed E-state index contributed by atoms with van der Waals surface area (Å²) in [6.45, 7) is 3.57. The predicted octanol–water partition coefficient (Wildman–Crippen LogP) is 3.75. The van der Waals surface area contributed by atoms with Crippen molar-refractivity contribution in [1.29, 1.82) is 0 Å². The van der Waals surface area contributed by atoms with Gasteiger partial charge in [-0.1, -0.05) is 61.5 Å². The van der Waals surface area contributed by atoms with Crippen LogP contribution in [0.25, 0.3) is 0 Å². The first-order valence-electron chi connectivity index (χ1n) is 12.0. The summed E-state index contributed by atoms with van der Waals surface area (Å²) in [5.41, 5.74) is 2.93. The molecule has 0 aliphatic carbocycles. The minimum atomic E-state index is -4.03. The van der Waals surface area contributed by atoms with Crippen molar-refractivity contribution in [2.24, 2.45) is 11.1 Å². The van der Waals surface area contributed by atoms with Crippen LogP contribution < -0.4 is 0 Å². The van der Waals surface area contributed by atoms with E-state index in [4.69, 9.17) is 5.21 Å². The summed E-state index contributed by atoms with van der Waals surface area (Å²) in [6.07, 6.45) is 0.404. The third-order valence-corrected chi connectivity index (χ3v) is 8.48. The number of hydrogen-bond donors (Lipinski definition) is 3. The highest BCUT2D eigenvalue weighted by Crippen LogP contribution is 2.23. The lowest BCUT2D eigenvalue weighted by molar-refractivity contribution is 0.0341. The highest BCUT2D eigenvalue weighted by molar-refractivity contribution is 7.89. The van der Waals surface area contributed by atoms with Crippen molar-refractivity contribution in [2.45, 2.75) is 43.9 Å². The maximum atomic E-state index is 13.6. The van der Waals surface area contributed by atoms with Gasteiger partial charge in [-0.15, -0.1) is 11.3 Å². The second kappa shape index (κ2) is 13.5. The maximum Gasteiger partial charge on any atom is 0.407 e. The van der Waals surface area contributed by atoms with E-state index >= 15 is 0 Å². The average Bonchev–Trinajstić information content (AvgIpc) is 3.40. The topological polar surface area (TPSA) is 144 Å². The molecule has 0 fully saturated rings. The second-order valence-electron chi connectivity index (χ2n) is 9.23. The number of aromatic nitrogens is 1. The minimum Gasteiger partial charge on any atom is -0.465 e. The Hall–Kier alpha value is -3.32. The highest BCUT2D eigenvalue weighted by Gasteiger charge is 2.35. The molecule has 12 heteroatoms. The lowest BCUT2D eigenvalue weighted by Crippen LogP contribution is -2.52. The quantitative estimate of drug-likeness (QED) is 0.164. The lowest BCUT2D eigenvalue weighted by Gasteiger charge is -2.35. The molecule has 10 nitrogen and oxygen atoms in total. The first kappa shape index (κ1) is 29.2. The molecule has 0 bridgehead atoms. The molecule has 1 heterocycles. The number of sulfonamides is 1. The monoisotopic (exact) mass is 560 g/mol. The van der Waals surface area contributed by atoms with Gasteiger partial charge in [0.1, 0.15) is 0 Å². The standard InChI is InChI=1S/C26H32N4O6S2/c1-19(2)15-29(38(35,36)23-10-8-21(9-11-23)13-28-34)17-25(31)24(12-20-6-4-3-5-7-20)30(26(32)33)16-22-14-27-18-37-22/h3-11,13-14,18-19,24-25,31,34H,12,15-17H2,1-2H3,(H,32,33)/t24-,25-/m0/s1. The first-order chi connectivity index (χ1) is 18.1. The number of nitrogens with zero attached hydrogens (tertiary/aromatic N) is 4. The van der Waals surface area contributed by atoms with Crippen LogP contribution in [0, 0.1) is 5.92 Å². The molecular formula is C26H32N4O6S2. The summed E-state index contributed by atoms with van der Waals surface area (Å²) in [5.74, 6) is -0.0573. The van der Waals surface area contributed by atoms with E-state index in [0.29, 0.717) is 10.4 Å². The van der Waals surface area contributed by atoms with Crippen LogP contribution in [0.4, 0.5) is 4.79 Å². The van der Waals surface area contributed by atoms with Gasteiger partial charge in [-0.2, -0.15) is 4.31 Å². The van der Waals surface area contributed by atoms with Crippen molar-refractivity contribution < 1.29 is 28.6 Å². The zero-order valence-corrected chi connectivity index (χ0v) is 22.8. The zero-order valence-electron chi connectivity index (χ0n) is 21.2. The Morgan fingerprint density at radius 2 is 1.79 bits per heavy atom. The van der Waals surface area contributed by atoms with Crippen LogP contribution in [-0.2, 0) is 23.0 Å². The van der Waals surface area contributed by atoms with Crippen molar-refractivity contribution in [3.8, 4) is 0 Å². The highest BCUT2D eigenvalue weighted by atomic mass is 32.2. The summed E-state index contributed by atoms with van der Waals surface area (Å²) < 4.78 is 28.4. The van der Waals surface area contributed by atoms with E-state index in [2.05, 4.69) is 10.1 Å². The van der Waals surface area contributed by atoms with Crippen LogP contribution in [0.1, 0.15) is 29.9 Å². The van der Waals surface area contributed by atoms with Gasteiger partial charge in [0, 0.05) is 24.2 Å². The number of oxime groups is 1. The molecule has 1 aromatic heterocycles. The Morgan fingerprint density at radius 1 is 1.11 bits per heavy atom. The number of hydrogen-bond acceptors (Lipinski definition) is 8. The van der Waals surface area contributed by atoms with E-state index in [0.717, 1.165) is 10.5 Å². The van der Waals surface area contributed by atoms with Crippen molar-refractivity contribution >= 4 is 33.7 Å². The largest absolute Gasteiger partial charge is 0.465 e. The molecule has 2 aromatic carbocycles. The summed E-state index contributed by atoms with van der Waals surface area (Å²) in [7, 11) is -4.03. The van der Waals surface area contributed by atoms with Crippen molar-refractivity contribution in [3.63, 3.8) is 0 Å². The Kier molecular flexibility index (Phi) is 10.4. The Bertz CT molecular complexity index is 1280. The first-order valence-corrected chi connectivity index (χ1v) is 14.3. The number of benzene rings is 2. The van der Waals surface area contributed by atoms with E-state index in [1.807, 2.05) is 44.2 Å². The Labute approximate surface area is 226 Å². The van der Waals surface area contributed by atoms with Gasteiger partial charge >= 0.3 is 6.09 Å². The van der Waals surface area contributed by atoms with Crippen molar-refractivity contribution in [2.75, 3.05) is 13.1 Å². The molecule has 0 saturated heterocycles. The lowest BCUT2D eigenvalue weighted by atomic mass is 9.99. The van der Waals surface area contributed by atoms with Crippen molar-refractivity contribution in [3.05, 3.63) is 82.3 Å². The smallest absolute Gasteiger partial charge is 0.407 e. The van der Waals surface area contributed by atoms with Gasteiger partial charge in [-0.3, -0.25) is 9.88 Å². The number of aliphatic hydroxyl groups is 1. The Balaban J connectivity index is 1.94. The summed E-state index contributed by atoms with van der Waals surface area (Å²) >= 11 is 1.30. The van der Waals surface area contributed by atoms with Crippen LogP contribution in [0.2, 0.25) is 0 Å². The van der Waals surface area contributed by atoms with E-state index in [1.165, 1.54) is 46.1 Å². The third-order valence-electron chi connectivity index (χ3n) is 5.87. The average molecular weight is 561 g/mol. The van der Waals surface area contributed by atoms with E-state index in [1.54, 1.807) is 11.7 Å². The number of thiazole rings is 1. The SMILES string of the molecule is CC(C)CN(C[C@H](O)[C@H](Cc1ccccc1)N(Cc1cncs1)C(=O)O)S(=O)(=O)c1ccc(C=NO)cc1. The van der Waals surface area contributed by atoms with E-state index < -0.39 is 28.3 Å². The molecule has 0 saturated carbocycles. The van der Waals surface area contributed by atoms with Crippen molar-refractivity contribution in [1.82, 2.24) is 14.2 Å². The Morgan fingerprint density at radius 3 is 2.34 bits per heavy atom. The van der Waals surface area contributed by atoms with Gasteiger partial charge in [0.25, 0.3) is 0 Å². The molecule has 204 valence electrons. The number of amides is 1. The zero-order chi connectivity index (χ0) is 27.7. The fourth-order valence-electron chi connectivity index (χ4n) is 4.07. The van der Waals surface area contributed by atoms with Gasteiger partial charge in [-0.05, 0) is 35.6 Å². The van der Waals surface area contributed by atoms with Gasteiger partial charge in [0.05, 0.1) is 35.3 Å². The van der Waals surface area contributed by atoms with Crippen LogP contribution >= 0.6 is 11.3 Å². The molecule has 3 aromatic rings. The summed E-state index contributed by atoms with van der Waals surface area (Å²) in [5, 5.41) is 33.2. The summed E-state index contributed by atoms with van der Waals surface area (Å²) in [4.78, 5) is 18.2. The fraction of sp³-hybridized carbons (Fsp3) is 0.346. The molecule has 2 atom stereocenters. The molecule has 3 rings (SSSR count). The molecule has 38 heavy (non-hydrogen) atoms. The number of aliphatic hydroxyl groups excluding tert-OH is 1. The molecule has 0 aliphatic heterocycles. The molecule has 0 unspecified atom stereocenters. The minimum absolute atomic E-state index is 0.0133. The number of rotatable bonds is 13. The fourth-order valence-corrected chi connectivity index (χ4v) is 6.29. The van der Waals surface area contributed by atoms with Gasteiger partial charge in [-0.25, -0.2) is 13.2 Å². The van der Waals surface area contributed by atoms with Crippen LogP contribution in [0.5, 0.6) is 0 Å². The normalized spacial score (nSPS) is 13.7. The van der Waals surface area contributed by atoms with Gasteiger partial charge in [0.2, 0.25) is 10.0 Å². The number of carbonyl (C=O) groups is 1. The second-order valence-corrected chi connectivity index (χ2v) is 12.1. The van der Waals surface area contributed by atoms with Gasteiger partial charge < -0.3 is 15.4 Å². The van der Waals surface area contributed by atoms with Crippen LogP contribution in [0.15, 0.2) is 76.4 Å². The third kappa shape index (κ3) is 7.84. The molecule has 0 aliphatic rings. The molecule has 0 radical (unpaired) electrons. The van der Waals surface area contributed by atoms with E-state index in [-0.39, 0.29) is 36.9 Å². The molecule has 1 amide bonds.